The van der Waals surface area contributed by atoms with Gasteiger partial charge in [-0.3, -0.25) is 4.79 Å². The van der Waals surface area contributed by atoms with Crippen molar-refractivity contribution in [2.45, 2.75) is 6.42 Å². The minimum absolute atomic E-state index is 0.206. The normalized spacial score (nSPS) is 15.4. The number of hydrogen-bond acceptors (Lipinski definition) is 5. The first kappa shape index (κ1) is 13.1. The molecule has 6 heteroatoms. The second-order valence-electron chi connectivity index (χ2n) is 4.73. The summed E-state index contributed by atoms with van der Waals surface area (Å²) in [5.74, 6) is 0.953. The Morgan fingerprint density at radius 3 is 2.60 bits per heavy atom. The molecule has 5 nitrogen and oxygen atoms in total. The minimum atomic E-state index is 0.206. The molecule has 0 unspecified atom stereocenters. The molecule has 1 aliphatic rings. The Morgan fingerprint density at radius 2 is 1.95 bits per heavy atom. The number of nitrogens with zero attached hydrogens (tertiary/aromatic N) is 4. The first-order valence-electron chi connectivity index (χ1n) is 6.64. The second kappa shape index (κ2) is 6.00. The third-order valence-corrected chi connectivity index (χ3v) is 4.13. The van der Waals surface area contributed by atoms with Crippen molar-refractivity contribution in [3.05, 3.63) is 40.8 Å². The van der Waals surface area contributed by atoms with Gasteiger partial charge in [-0.15, -0.1) is 0 Å². The molecular weight excluding hydrogens is 272 g/mol. The third-order valence-electron chi connectivity index (χ3n) is 3.40. The Balaban J connectivity index is 1.54. The van der Waals surface area contributed by atoms with E-state index < -0.39 is 0 Å². The van der Waals surface area contributed by atoms with E-state index in [1.54, 1.807) is 23.7 Å². The van der Waals surface area contributed by atoms with Crippen molar-refractivity contribution < 1.29 is 4.79 Å². The van der Waals surface area contributed by atoms with E-state index in [1.807, 2.05) is 27.8 Å². The second-order valence-corrected chi connectivity index (χ2v) is 5.51. The molecular formula is C14H16N4OS. The Morgan fingerprint density at radius 1 is 1.20 bits per heavy atom. The monoisotopic (exact) mass is 288 g/mol. The molecule has 20 heavy (non-hydrogen) atoms. The van der Waals surface area contributed by atoms with Gasteiger partial charge >= 0.3 is 0 Å². The zero-order valence-corrected chi connectivity index (χ0v) is 11.9. The summed E-state index contributed by atoms with van der Waals surface area (Å²) in [4.78, 5) is 24.7. The Labute approximate surface area is 121 Å². The highest BCUT2D eigenvalue weighted by atomic mass is 32.1. The summed E-state index contributed by atoms with van der Waals surface area (Å²) in [7, 11) is 0. The molecule has 3 rings (SSSR count). The van der Waals surface area contributed by atoms with Crippen molar-refractivity contribution >= 4 is 23.2 Å². The van der Waals surface area contributed by atoms with Crippen LogP contribution < -0.4 is 4.90 Å². The van der Waals surface area contributed by atoms with Crippen LogP contribution in [0.25, 0.3) is 0 Å². The molecule has 0 saturated carbocycles. The van der Waals surface area contributed by atoms with E-state index in [9.17, 15) is 4.79 Å². The molecule has 0 atom stereocenters. The van der Waals surface area contributed by atoms with Crippen molar-refractivity contribution in [3.63, 3.8) is 0 Å². The zero-order chi connectivity index (χ0) is 13.8. The highest BCUT2D eigenvalue weighted by molar-refractivity contribution is 7.07. The quantitative estimate of drug-likeness (QED) is 0.857. The number of rotatable bonds is 3. The van der Waals surface area contributed by atoms with Crippen LogP contribution in [0.2, 0.25) is 0 Å². The van der Waals surface area contributed by atoms with E-state index >= 15 is 0 Å². The molecule has 1 saturated heterocycles. The molecule has 2 aromatic rings. The lowest BCUT2D eigenvalue weighted by Gasteiger charge is -2.34. The number of hydrogen-bond donors (Lipinski definition) is 0. The average molecular weight is 288 g/mol. The lowest BCUT2D eigenvalue weighted by atomic mass is 10.2. The van der Waals surface area contributed by atoms with E-state index in [1.165, 1.54) is 0 Å². The number of amides is 1. The first-order valence-corrected chi connectivity index (χ1v) is 7.58. The van der Waals surface area contributed by atoms with Crippen LogP contribution in [0.5, 0.6) is 0 Å². The number of carbonyl (C=O) groups excluding carboxylic acids is 1. The van der Waals surface area contributed by atoms with E-state index in [2.05, 4.69) is 14.9 Å². The number of piperazine rings is 1. The number of anilines is 1. The molecule has 1 fully saturated rings. The minimum Gasteiger partial charge on any atom is -0.339 e. The highest BCUT2D eigenvalue weighted by Crippen LogP contribution is 2.12. The zero-order valence-electron chi connectivity index (χ0n) is 11.1. The van der Waals surface area contributed by atoms with Crippen LogP contribution in [0.3, 0.4) is 0 Å². The summed E-state index contributed by atoms with van der Waals surface area (Å²) in [6.45, 7) is 3.06. The summed E-state index contributed by atoms with van der Waals surface area (Å²) >= 11 is 1.63. The maximum atomic E-state index is 12.2. The van der Waals surface area contributed by atoms with Gasteiger partial charge in [0.25, 0.3) is 0 Å². The molecule has 2 aromatic heterocycles. The van der Waals surface area contributed by atoms with Gasteiger partial charge < -0.3 is 9.80 Å². The molecule has 0 bridgehead atoms. The van der Waals surface area contributed by atoms with Gasteiger partial charge in [0, 0.05) is 38.6 Å². The smallest absolute Gasteiger partial charge is 0.227 e. The van der Waals surface area contributed by atoms with Crippen molar-refractivity contribution in [1.29, 1.82) is 0 Å². The topological polar surface area (TPSA) is 49.3 Å². The predicted octanol–water partition coefficient (Wildman–Crippen LogP) is 1.43. The Kier molecular flexibility index (Phi) is 3.92. The number of thiophene rings is 1. The van der Waals surface area contributed by atoms with Gasteiger partial charge in [0.1, 0.15) is 0 Å². The summed E-state index contributed by atoms with van der Waals surface area (Å²) in [6.07, 6.45) is 4.00. The van der Waals surface area contributed by atoms with Crippen molar-refractivity contribution in [1.82, 2.24) is 14.9 Å². The first-order chi connectivity index (χ1) is 9.83. The molecule has 0 aliphatic carbocycles. The van der Waals surface area contributed by atoms with Gasteiger partial charge in [-0.05, 0) is 28.5 Å². The fraction of sp³-hybridized carbons (Fsp3) is 0.357. The Bertz CT molecular complexity index is 550. The molecule has 0 aromatic carbocycles. The van der Waals surface area contributed by atoms with Crippen LogP contribution >= 0.6 is 11.3 Å². The molecule has 1 amide bonds. The van der Waals surface area contributed by atoms with Gasteiger partial charge in [-0.1, -0.05) is 0 Å². The van der Waals surface area contributed by atoms with E-state index in [4.69, 9.17) is 0 Å². The van der Waals surface area contributed by atoms with Crippen LogP contribution in [0.4, 0.5) is 5.95 Å². The molecule has 104 valence electrons. The lowest BCUT2D eigenvalue weighted by Crippen LogP contribution is -2.49. The molecule has 1 aliphatic heterocycles. The maximum Gasteiger partial charge on any atom is 0.227 e. The lowest BCUT2D eigenvalue weighted by molar-refractivity contribution is -0.130. The molecule has 0 N–H and O–H groups in total. The Hall–Kier alpha value is -1.95. The van der Waals surface area contributed by atoms with E-state index in [-0.39, 0.29) is 5.91 Å². The van der Waals surface area contributed by atoms with E-state index in [0.717, 1.165) is 37.7 Å². The number of aromatic nitrogens is 2. The predicted molar refractivity (Wildman–Crippen MR) is 78.8 cm³/mol. The maximum absolute atomic E-state index is 12.2. The summed E-state index contributed by atoms with van der Waals surface area (Å²) < 4.78 is 0. The molecule has 3 heterocycles. The summed E-state index contributed by atoms with van der Waals surface area (Å²) in [6, 6.07) is 3.82. The van der Waals surface area contributed by atoms with Crippen LogP contribution in [0.15, 0.2) is 35.3 Å². The summed E-state index contributed by atoms with van der Waals surface area (Å²) in [5.41, 5.74) is 1.11. The number of carbonyl (C=O) groups is 1. The van der Waals surface area contributed by atoms with Crippen LogP contribution in [0.1, 0.15) is 5.56 Å². The molecule has 0 spiro atoms. The standard InChI is InChI=1S/C14H16N4OS/c19-13(10-12-2-9-20-11-12)17-5-7-18(8-6-17)14-15-3-1-4-16-14/h1-4,9,11H,5-8,10H2. The van der Waals surface area contributed by atoms with Crippen LogP contribution in [-0.4, -0.2) is 47.0 Å². The highest BCUT2D eigenvalue weighted by Gasteiger charge is 2.22. The van der Waals surface area contributed by atoms with Gasteiger partial charge in [-0.25, -0.2) is 9.97 Å². The largest absolute Gasteiger partial charge is 0.339 e. The van der Waals surface area contributed by atoms with Crippen LogP contribution in [0, 0.1) is 0 Å². The average Bonchev–Trinajstić information content (AvgIpc) is 3.01. The van der Waals surface area contributed by atoms with Crippen LogP contribution in [-0.2, 0) is 11.2 Å². The molecule has 0 radical (unpaired) electrons. The fourth-order valence-electron chi connectivity index (χ4n) is 2.29. The van der Waals surface area contributed by atoms with Gasteiger partial charge in [0.15, 0.2) is 0 Å². The van der Waals surface area contributed by atoms with Crippen molar-refractivity contribution in [2.75, 3.05) is 31.1 Å². The van der Waals surface area contributed by atoms with Gasteiger partial charge in [0.2, 0.25) is 11.9 Å². The SMILES string of the molecule is O=C(Cc1ccsc1)N1CCN(c2ncccn2)CC1. The van der Waals surface area contributed by atoms with Gasteiger partial charge in [-0.2, -0.15) is 11.3 Å². The summed E-state index contributed by atoms with van der Waals surface area (Å²) in [5, 5.41) is 4.04. The third kappa shape index (κ3) is 2.96. The van der Waals surface area contributed by atoms with Gasteiger partial charge in [0.05, 0.1) is 6.42 Å². The van der Waals surface area contributed by atoms with Crippen molar-refractivity contribution in [2.24, 2.45) is 0 Å². The van der Waals surface area contributed by atoms with E-state index in [0.29, 0.717) is 6.42 Å². The van der Waals surface area contributed by atoms with Crippen molar-refractivity contribution in [3.8, 4) is 0 Å². The fourth-order valence-corrected chi connectivity index (χ4v) is 2.96.